The molecule has 1 unspecified atom stereocenters. The zero-order chi connectivity index (χ0) is 16.3. The molecular formula is C15H21BrN2O3S. The van der Waals surface area contributed by atoms with Gasteiger partial charge < -0.3 is 5.32 Å². The van der Waals surface area contributed by atoms with Gasteiger partial charge >= 0.3 is 0 Å². The molecule has 5 nitrogen and oxygen atoms in total. The van der Waals surface area contributed by atoms with Crippen LogP contribution in [0.5, 0.6) is 0 Å². The van der Waals surface area contributed by atoms with Crippen molar-refractivity contribution < 1.29 is 13.2 Å². The summed E-state index contributed by atoms with van der Waals surface area (Å²) < 4.78 is 27.8. The summed E-state index contributed by atoms with van der Waals surface area (Å²) in [6.45, 7) is 4.12. The Balaban J connectivity index is 2.29. The zero-order valence-electron chi connectivity index (χ0n) is 12.8. The Kier molecular flexibility index (Phi) is 5.63. The largest absolute Gasteiger partial charge is 0.353 e. The van der Waals surface area contributed by atoms with E-state index in [2.05, 4.69) is 21.2 Å². The standard InChI is InChI=1S/C15H21BrN2O3S/c1-11(2)17-15(19)14-5-3-4-10-18(14)22(20,21)13-8-6-12(16)7-9-13/h6-9,11,14H,3-5,10H2,1-2H3,(H,17,19). The van der Waals surface area contributed by atoms with Crippen LogP contribution in [0.2, 0.25) is 0 Å². The number of rotatable bonds is 4. The number of carbonyl (C=O) groups is 1. The van der Waals surface area contributed by atoms with Crippen molar-refractivity contribution in [3.8, 4) is 0 Å². The van der Waals surface area contributed by atoms with E-state index in [0.717, 1.165) is 17.3 Å². The van der Waals surface area contributed by atoms with Gasteiger partial charge in [-0.2, -0.15) is 4.31 Å². The Hall–Kier alpha value is -0.920. The van der Waals surface area contributed by atoms with E-state index in [0.29, 0.717) is 13.0 Å². The normalized spacial score (nSPS) is 20.1. The second-order valence-corrected chi connectivity index (χ2v) is 8.55. The Bertz CT molecular complexity index is 629. The van der Waals surface area contributed by atoms with Gasteiger partial charge in [-0.05, 0) is 51.0 Å². The molecule has 1 N–H and O–H groups in total. The first-order valence-corrected chi connectivity index (χ1v) is 9.63. The van der Waals surface area contributed by atoms with E-state index in [4.69, 9.17) is 0 Å². The van der Waals surface area contributed by atoms with Crippen LogP contribution >= 0.6 is 15.9 Å². The van der Waals surface area contributed by atoms with Crippen molar-refractivity contribution in [3.05, 3.63) is 28.7 Å². The fraction of sp³-hybridized carbons (Fsp3) is 0.533. The Labute approximate surface area is 140 Å². The molecular weight excluding hydrogens is 368 g/mol. The lowest BCUT2D eigenvalue weighted by Gasteiger charge is -2.34. The predicted octanol–water partition coefficient (Wildman–Crippen LogP) is 2.52. The number of amides is 1. The molecule has 0 aromatic heterocycles. The van der Waals surface area contributed by atoms with Crippen molar-refractivity contribution in [2.45, 2.75) is 50.1 Å². The Morgan fingerprint density at radius 3 is 2.50 bits per heavy atom. The van der Waals surface area contributed by atoms with Crippen LogP contribution in [0, 0.1) is 0 Å². The number of nitrogens with zero attached hydrogens (tertiary/aromatic N) is 1. The molecule has 1 aromatic carbocycles. The molecule has 0 aliphatic carbocycles. The van der Waals surface area contributed by atoms with Crippen LogP contribution in [-0.4, -0.2) is 37.3 Å². The highest BCUT2D eigenvalue weighted by atomic mass is 79.9. The Morgan fingerprint density at radius 1 is 1.27 bits per heavy atom. The monoisotopic (exact) mass is 388 g/mol. The maximum atomic E-state index is 12.8. The summed E-state index contributed by atoms with van der Waals surface area (Å²) >= 11 is 3.30. The van der Waals surface area contributed by atoms with Crippen molar-refractivity contribution >= 4 is 31.9 Å². The smallest absolute Gasteiger partial charge is 0.243 e. The SMILES string of the molecule is CC(C)NC(=O)C1CCCCN1S(=O)(=O)c1ccc(Br)cc1. The highest BCUT2D eigenvalue weighted by molar-refractivity contribution is 9.10. The predicted molar refractivity (Wildman–Crippen MR) is 89.0 cm³/mol. The molecule has 1 amide bonds. The molecule has 1 atom stereocenters. The van der Waals surface area contributed by atoms with Gasteiger partial charge in [-0.1, -0.05) is 22.4 Å². The van der Waals surface area contributed by atoms with Gasteiger partial charge in [0.05, 0.1) is 4.90 Å². The van der Waals surface area contributed by atoms with Crippen LogP contribution in [0.4, 0.5) is 0 Å². The lowest BCUT2D eigenvalue weighted by Crippen LogP contribution is -2.52. The molecule has 0 spiro atoms. The maximum Gasteiger partial charge on any atom is 0.243 e. The fourth-order valence-corrected chi connectivity index (χ4v) is 4.50. The quantitative estimate of drug-likeness (QED) is 0.861. The second-order valence-electron chi connectivity index (χ2n) is 5.74. The molecule has 1 saturated heterocycles. The highest BCUT2D eigenvalue weighted by Gasteiger charge is 2.37. The molecule has 1 aromatic rings. The number of nitrogens with one attached hydrogen (secondary N) is 1. The number of hydrogen-bond acceptors (Lipinski definition) is 3. The van der Waals surface area contributed by atoms with Gasteiger partial charge in [-0.25, -0.2) is 8.42 Å². The van der Waals surface area contributed by atoms with Crippen LogP contribution in [0.25, 0.3) is 0 Å². The van der Waals surface area contributed by atoms with Crippen molar-refractivity contribution in [2.24, 2.45) is 0 Å². The highest BCUT2D eigenvalue weighted by Crippen LogP contribution is 2.26. The van der Waals surface area contributed by atoms with Gasteiger partial charge in [0.25, 0.3) is 0 Å². The molecule has 1 heterocycles. The maximum absolute atomic E-state index is 12.8. The van der Waals surface area contributed by atoms with E-state index < -0.39 is 16.1 Å². The number of hydrogen-bond donors (Lipinski definition) is 1. The molecule has 1 aliphatic heterocycles. The van der Waals surface area contributed by atoms with Crippen molar-refractivity contribution in [1.82, 2.24) is 9.62 Å². The topological polar surface area (TPSA) is 66.5 Å². The molecule has 1 fully saturated rings. The number of sulfonamides is 1. The van der Waals surface area contributed by atoms with Gasteiger partial charge in [0.2, 0.25) is 15.9 Å². The van der Waals surface area contributed by atoms with Crippen molar-refractivity contribution in [3.63, 3.8) is 0 Å². The third-order valence-corrected chi connectivity index (χ3v) is 6.06. The van der Waals surface area contributed by atoms with Crippen LogP contribution in [0.1, 0.15) is 33.1 Å². The van der Waals surface area contributed by atoms with Crippen molar-refractivity contribution in [1.29, 1.82) is 0 Å². The molecule has 2 rings (SSSR count). The van der Waals surface area contributed by atoms with E-state index in [1.807, 2.05) is 13.8 Å². The number of benzene rings is 1. The van der Waals surface area contributed by atoms with E-state index in [1.54, 1.807) is 24.3 Å². The van der Waals surface area contributed by atoms with Gasteiger partial charge in [0, 0.05) is 17.1 Å². The van der Waals surface area contributed by atoms with Crippen LogP contribution < -0.4 is 5.32 Å². The molecule has 1 aliphatic rings. The van der Waals surface area contributed by atoms with Gasteiger partial charge in [-0.15, -0.1) is 0 Å². The molecule has 122 valence electrons. The van der Waals surface area contributed by atoms with E-state index in [1.165, 1.54) is 4.31 Å². The van der Waals surface area contributed by atoms with Gasteiger partial charge in [0.1, 0.15) is 6.04 Å². The summed E-state index contributed by atoms with van der Waals surface area (Å²) in [5.74, 6) is -0.213. The molecule has 0 radical (unpaired) electrons. The van der Waals surface area contributed by atoms with E-state index in [-0.39, 0.29) is 16.8 Å². The summed E-state index contributed by atoms with van der Waals surface area (Å²) in [6, 6.07) is 5.88. The Morgan fingerprint density at radius 2 is 1.91 bits per heavy atom. The first-order valence-electron chi connectivity index (χ1n) is 7.40. The summed E-state index contributed by atoms with van der Waals surface area (Å²) in [4.78, 5) is 12.5. The summed E-state index contributed by atoms with van der Waals surface area (Å²) in [6.07, 6.45) is 2.21. The van der Waals surface area contributed by atoms with Gasteiger partial charge in [0.15, 0.2) is 0 Å². The minimum atomic E-state index is -3.66. The number of halogens is 1. The minimum Gasteiger partial charge on any atom is -0.353 e. The number of carbonyl (C=O) groups excluding carboxylic acids is 1. The van der Waals surface area contributed by atoms with E-state index in [9.17, 15) is 13.2 Å². The lowest BCUT2D eigenvalue weighted by molar-refractivity contribution is -0.126. The molecule has 0 saturated carbocycles. The molecule has 7 heteroatoms. The third kappa shape index (κ3) is 3.88. The zero-order valence-corrected chi connectivity index (χ0v) is 15.2. The minimum absolute atomic E-state index is 0.00772. The van der Waals surface area contributed by atoms with Gasteiger partial charge in [-0.3, -0.25) is 4.79 Å². The molecule has 0 bridgehead atoms. The summed E-state index contributed by atoms with van der Waals surface area (Å²) in [5.41, 5.74) is 0. The third-order valence-electron chi connectivity index (χ3n) is 3.61. The summed E-state index contributed by atoms with van der Waals surface area (Å²) in [7, 11) is -3.66. The summed E-state index contributed by atoms with van der Waals surface area (Å²) in [5, 5.41) is 2.82. The number of piperidine rings is 1. The first-order chi connectivity index (χ1) is 10.3. The first kappa shape index (κ1) is 17.4. The second kappa shape index (κ2) is 7.10. The average Bonchev–Trinajstić information content (AvgIpc) is 2.47. The molecule has 22 heavy (non-hydrogen) atoms. The average molecular weight is 389 g/mol. The lowest BCUT2D eigenvalue weighted by atomic mass is 10.0. The van der Waals surface area contributed by atoms with Crippen molar-refractivity contribution in [2.75, 3.05) is 6.54 Å². The van der Waals surface area contributed by atoms with Crippen LogP contribution in [0.3, 0.4) is 0 Å². The van der Waals surface area contributed by atoms with Crippen LogP contribution in [0.15, 0.2) is 33.6 Å². The fourth-order valence-electron chi connectivity index (χ4n) is 2.58. The van der Waals surface area contributed by atoms with E-state index >= 15 is 0 Å². The van der Waals surface area contributed by atoms with Crippen LogP contribution in [-0.2, 0) is 14.8 Å².